The van der Waals surface area contributed by atoms with Crippen molar-refractivity contribution in [2.45, 2.75) is 98.4 Å². The lowest BCUT2D eigenvalue weighted by molar-refractivity contribution is 0.504. The van der Waals surface area contributed by atoms with Crippen molar-refractivity contribution in [3.05, 3.63) is 119 Å². The number of allylic oxidation sites excluding steroid dienone is 6. The van der Waals surface area contributed by atoms with Crippen LogP contribution in [0.25, 0.3) is 0 Å². The topological polar surface area (TPSA) is 12.0 Å². The average Bonchev–Trinajstić information content (AvgIpc) is 2.90. The molecule has 0 saturated heterocycles. The third-order valence-corrected chi connectivity index (χ3v) is 6.54. The first kappa shape index (κ1) is 33.3. The van der Waals surface area contributed by atoms with Gasteiger partial charge in [0.05, 0.1) is 0 Å². The van der Waals surface area contributed by atoms with Gasteiger partial charge in [0, 0.05) is 6.54 Å². The Balaban J connectivity index is 0.000000348. The Morgan fingerprint density at radius 2 is 1.42 bits per heavy atom. The maximum atomic E-state index is 13.1. The van der Waals surface area contributed by atoms with E-state index >= 15 is 0 Å². The molecule has 2 aromatic carbocycles. The maximum Gasteiger partial charge on any atom is 0.123 e. The largest absolute Gasteiger partial charge is 0.316 e. The molecule has 1 fully saturated rings. The smallest absolute Gasteiger partial charge is 0.123 e. The number of rotatable bonds is 10. The summed E-state index contributed by atoms with van der Waals surface area (Å²) in [4.78, 5) is 0. The second-order valence-corrected chi connectivity index (χ2v) is 10.5. The summed E-state index contributed by atoms with van der Waals surface area (Å²) in [5.41, 5.74) is 8.31. The molecular formula is C36H52FN. The van der Waals surface area contributed by atoms with Gasteiger partial charge in [0.15, 0.2) is 0 Å². The Bertz CT molecular complexity index is 1010. The highest BCUT2D eigenvalue weighted by Crippen LogP contribution is 2.22. The molecule has 1 nitrogen and oxygen atoms in total. The number of hydrogen-bond donors (Lipinski definition) is 1. The van der Waals surface area contributed by atoms with Crippen LogP contribution in [0.15, 0.2) is 96.1 Å². The molecular weight excluding hydrogens is 465 g/mol. The van der Waals surface area contributed by atoms with Gasteiger partial charge in [-0.15, -0.1) is 0 Å². The fourth-order valence-corrected chi connectivity index (χ4v) is 4.37. The van der Waals surface area contributed by atoms with Gasteiger partial charge < -0.3 is 5.32 Å². The van der Waals surface area contributed by atoms with E-state index in [0.29, 0.717) is 0 Å². The van der Waals surface area contributed by atoms with E-state index in [1.807, 2.05) is 20.0 Å². The fourth-order valence-electron chi connectivity index (χ4n) is 4.37. The van der Waals surface area contributed by atoms with Crippen molar-refractivity contribution in [1.29, 1.82) is 0 Å². The molecule has 0 atom stereocenters. The molecule has 1 aliphatic rings. The molecule has 208 valence electrons. The van der Waals surface area contributed by atoms with Crippen LogP contribution in [0.4, 0.5) is 4.39 Å². The Morgan fingerprint density at radius 1 is 0.842 bits per heavy atom. The molecule has 0 unspecified atom stereocenters. The van der Waals surface area contributed by atoms with Crippen molar-refractivity contribution in [3.63, 3.8) is 0 Å². The zero-order valence-corrected chi connectivity index (χ0v) is 24.8. The van der Waals surface area contributed by atoms with Crippen LogP contribution < -0.4 is 5.32 Å². The van der Waals surface area contributed by atoms with Crippen LogP contribution in [0.3, 0.4) is 0 Å². The Hall–Kier alpha value is -2.71. The minimum Gasteiger partial charge on any atom is -0.316 e. The summed E-state index contributed by atoms with van der Waals surface area (Å²) in [5.74, 6) is -0.169. The van der Waals surface area contributed by atoms with Crippen molar-refractivity contribution in [2.75, 3.05) is 7.05 Å². The van der Waals surface area contributed by atoms with Gasteiger partial charge in [-0.3, -0.25) is 0 Å². The number of halogens is 1. The van der Waals surface area contributed by atoms with Crippen molar-refractivity contribution in [2.24, 2.45) is 0 Å². The molecule has 38 heavy (non-hydrogen) atoms. The molecule has 1 saturated carbocycles. The molecule has 0 spiro atoms. The van der Waals surface area contributed by atoms with E-state index in [0.717, 1.165) is 54.5 Å². The van der Waals surface area contributed by atoms with Crippen molar-refractivity contribution in [3.8, 4) is 0 Å². The van der Waals surface area contributed by atoms with Gasteiger partial charge in [-0.05, 0) is 93.5 Å². The van der Waals surface area contributed by atoms with E-state index < -0.39 is 0 Å². The average molecular weight is 518 g/mol. The van der Waals surface area contributed by atoms with Crippen LogP contribution in [0.1, 0.15) is 95.8 Å². The maximum absolute atomic E-state index is 13.1. The minimum atomic E-state index is -0.169. The standard InChI is InChI=1S/C20H25F.C10H15N.C6H12/c1-15(2)12-13-20(16(3)4)17(5)8-6-9-18-10-7-11-19(21)14-18;1-3-9-5-4-6-10(7-9)8-11-2;1-2-4-6-5-3-1/h7,10-14H,3,5-6,8-9H2,1-2,4H3;4-7,11H,3,8H2,1-2H3;1-6H2/b20-13-;;. The Morgan fingerprint density at radius 3 is 1.95 bits per heavy atom. The van der Waals surface area contributed by atoms with Gasteiger partial charge in [-0.2, -0.15) is 0 Å². The lowest BCUT2D eigenvalue weighted by atomic mass is 9.95. The first-order valence-electron chi connectivity index (χ1n) is 14.4. The predicted molar refractivity (Wildman–Crippen MR) is 167 cm³/mol. The number of benzene rings is 2. The van der Waals surface area contributed by atoms with Gasteiger partial charge in [0.25, 0.3) is 0 Å². The van der Waals surface area contributed by atoms with E-state index in [1.165, 1.54) is 61.3 Å². The highest BCUT2D eigenvalue weighted by molar-refractivity contribution is 5.45. The van der Waals surface area contributed by atoms with Crippen molar-refractivity contribution in [1.82, 2.24) is 5.32 Å². The van der Waals surface area contributed by atoms with E-state index in [9.17, 15) is 4.39 Å². The van der Waals surface area contributed by atoms with Crippen LogP contribution in [0, 0.1) is 5.82 Å². The van der Waals surface area contributed by atoms with Crippen LogP contribution in [0.5, 0.6) is 0 Å². The van der Waals surface area contributed by atoms with Crippen LogP contribution in [-0.2, 0) is 19.4 Å². The zero-order valence-electron chi connectivity index (χ0n) is 24.8. The Labute approximate surface area is 233 Å². The molecule has 1 aliphatic carbocycles. The fraction of sp³-hybridized carbons (Fsp3) is 0.444. The van der Waals surface area contributed by atoms with Gasteiger partial charge in [-0.25, -0.2) is 4.39 Å². The van der Waals surface area contributed by atoms with Gasteiger partial charge in [0.1, 0.15) is 5.82 Å². The van der Waals surface area contributed by atoms with E-state index in [1.54, 1.807) is 12.1 Å². The molecule has 0 amide bonds. The number of aryl methyl sites for hydroxylation is 2. The van der Waals surface area contributed by atoms with Crippen LogP contribution in [0.2, 0.25) is 0 Å². The van der Waals surface area contributed by atoms with E-state index in [-0.39, 0.29) is 5.82 Å². The molecule has 0 heterocycles. The van der Waals surface area contributed by atoms with Crippen molar-refractivity contribution >= 4 is 0 Å². The lowest BCUT2D eigenvalue weighted by Gasteiger charge is -2.10. The van der Waals surface area contributed by atoms with Crippen molar-refractivity contribution < 1.29 is 4.39 Å². The molecule has 0 radical (unpaired) electrons. The summed E-state index contributed by atoms with van der Waals surface area (Å²) in [6.07, 6.45) is 17.0. The molecule has 1 N–H and O–H groups in total. The van der Waals surface area contributed by atoms with Gasteiger partial charge in [-0.1, -0.05) is 118 Å². The summed E-state index contributed by atoms with van der Waals surface area (Å²) in [6, 6.07) is 15.5. The molecule has 3 rings (SSSR count). The molecule has 2 aromatic rings. The monoisotopic (exact) mass is 517 g/mol. The quantitative estimate of drug-likeness (QED) is 0.309. The minimum absolute atomic E-state index is 0.169. The molecule has 0 aliphatic heterocycles. The van der Waals surface area contributed by atoms with E-state index in [4.69, 9.17) is 0 Å². The summed E-state index contributed by atoms with van der Waals surface area (Å²) in [6.45, 7) is 17.5. The highest BCUT2D eigenvalue weighted by Gasteiger charge is 2.04. The first-order chi connectivity index (χ1) is 18.3. The molecule has 2 heteroatoms. The number of nitrogens with one attached hydrogen (secondary N) is 1. The normalized spacial score (nSPS) is 12.8. The van der Waals surface area contributed by atoms with Gasteiger partial charge in [0.2, 0.25) is 0 Å². The summed E-state index contributed by atoms with van der Waals surface area (Å²) in [7, 11) is 1.97. The van der Waals surface area contributed by atoms with Crippen LogP contribution in [-0.4, -0.2) is 7.05 Å². The third-order valence-electron chi connectivity index (χ3n) is 6.54. The number of hydrogen-bond acceptors (Lipinski definition) is 1. The molecule has 0 aromatic heterocycles. The summed E-state index contributed by atoms with van der Waals surface area (Å²) < 4.78 is 13.1. The predicted octanol–water partition coefficient (Wildman–Crippen LogP) is 10.5. The SMILES string of the molecule is C1CCCCC1.C=C(C)/C(=C/C=C(C)C)C(=C)CCCc1cccc(F)c1.CCc1cccc(CNC)c1. The summed E-state index contributed by atoms with van der Waals surface area (Å²) >= 11 is 0. The lowest BCUT2D eigenvalue weighted by Crippen LogP contribution is -2.04. The molecule has 0 bridgehead atoms. The highest BCUT2D eigenvalue weighted by atomic mass is 19.1. The first-order valence-corrected chi connectivity index (χ1v) is 14.4. The van der Waals surface area contributed by atoms with Gasteiger partial charge >= 0.3 is 0 Å². The zero-order chi connectivity index (χ0) is 28.2. The third kappa shape index (κ3) is 15.5. The van der Waals surface area contributed by atoms with Crippen LogP contribution >= 0.6 is 0 Å². The second kappa shape index (κ2) is 20.3. The summed E-state index contributed by atoms with van der Waals surface area (Å²) in [5, 5.41) is 3.14. The van der Waals surface area contributed by atoms with E-state index in [2.05, 4.69) is 75.7 Å². The second-order valence-electron chi connectivity index (χ2n) is 10.5. The Kier molecular flexibility index (Phi) is 17.8.